The van der Waals surface area contributed by atoms with E-state index in [0.717, 1.165) is 15.9 Å². The predicted molar refractivity (Wildman–Crippen MR) is 108 cm³/mol. The standard InChI is InChI=1S/C20H19BrN4O2/c1-13-18(12-22-25(13)17-9-5-7-15(21)11-17)19(26)23-16-8-4-6-14(10-16)20(27)24(2)3/h4-12H,1-3H3,(H,23,26). The number of hydrogen-bond acceptors (Lipinski definition) is 3. The number of carbonyl (C=O) groups is 2. The monoisotopic (exact) mass is 426 g/mol. The molecule has 1 heterocycles. The first-order valence-electron chi connectivity index (χ1n) is 8.30. The highest BCUT2D eigenvalue weighted by atomic mass is 79.9. The molecule has 0 atom stereocenters. The van der Waals surface area contributed by atoms with Crippen molar-refractivity contribution in [2.24, 2.45) is 0 Å². The van der Waals surface area contributed by atoms with Crippen LogP contribution in [0, 0.1) is 6.92 Å². The van der Waals surface area contributed by atoms with E-state index in [4.69, 9.17) is 0 Å². The number of rotatable bonds is 4. The van der Waals surface area contributed by atoms with E-state index in [1.54, 1.807) is 49.2 Å². The third kappa shape index (κ3) is 4.09. The van der Waals surface area contributed by atoms with Crippen LogP contribution >= 0.6 is 15.9 Å². The van der Waals surface area contributed by atoms with Gasteiger partial charge in [-0.2, -0.15) is 5.10 Å². The smallest absolute Gasteiger partial charge is 0.259 e. The van der Waals surface area contributed by atoms with E-state index in [-0.39, 0.29) is 11.8 Å². The number of nitrogens with zero attached hydrogens (tertiary/aromatic N) is 3. The highest BCUT2D eigenvalue weighted by Crippen LogP contribution is 2.20. The SMILES string of the molecule is Cc1c(C(=O)Nc2cccc(C(=O)N(C)C)c2)cnn1-c1cccc(Br)c1. The molecular weight excluding hydrogens is 408 g/mol. The zero-order valence-corrected chi connectivity index (χ0v) is 16.8. The van der Waals surface area contributed by atoms with Gasteiger partial charge in [0.2, 0.25) is 0 Å². The molecule has 0 saturated carbocycles. The van der Waals surface area contributed by atoms with Gasteiger partial charge in [-0.25, -0.2) is 4.68 Å². The fourth-order valence-electron chi connectivity index (χ4n) is 2.69. The molecule has 0 bridgehead atoms. The lowest BCUT2D eigenvalue weighted by Gasteiger charge is -2.11. The molecule has 0 aliphatic heterocycles. The first-order valence-corrected chi connectivity index (χ1v) is 9.10. The van der Waals surface area contributed by atoms with E-state index >= 15 is 0 Å². The number of hydrogen-bond donors (Lipinski definition) is 1. The van der Waals surface area contributed by atoms with Gasteiger partial charge in [0.05, 0.1) is 23.1 Å². The maximum Gasteiger partial charge on any atom is 0.259 e. The molecule has 2 aromatic carbocycles. The first-order chi connectivity index (χ1) is 12.9. The molecule has 0 unspecified atom stereocenters. The van der Waals surface area contributed by atoms with Crippen LogP contribution in [0.1, 0.15) is 26.4 Å². The van der Waals surface area contributed by atoms with E-state index in [2.05, 4.69) is 26.3 Å². The summed E-state index contributed by atoms with van der Waals surface area (Å²) in [5.41, 5.74) is 3.13. The molecule has 138 valence electrons. The lowest BCUT2D eigenvalue weighted by Crippen LogP contribution is -2.22. The summed E-state index contributed by atoms with van der Waals surface area (Å²) in [6.07, 6.45) is 1.54. The molecule has 27 heavy (non-hydrogen) atoms. The molecular formula is C20H19BrN4O2. The number of aromatic nitrogens is 2. The fourth-order valence-corrected chi connectivity index (χ4v) is 3.07. The van der Waals surface area contributed by atoms with Crippen LogP contribution in [0.25, 0.3) is 5.69 Å². The average molecular weight is 427 g/mol. The normalized spacial score (nSPS) is 10.5. The Bertz CT molecular complexity index is 1010. The Morgan fingerprint density at radius 2 is 1.85 bits per heavy atom. The molecule has 0 aliphatic carbocycles. The Kier molecular flexibility index (Phi) is 5.41. The lowest BCUT2D eigenvalue weighted by atomic mass is 10.1. The highest BCUT2D eigenvalue weighted by molar-refractivity contribution is 9.10. The Balaban J connectivity index is 1.84. The summed E-state index contributed by atoms with van der Waals surface area (Å²) in [6, 6.07) is 14.6. The summed E-state index contributed by atoms with van der Waals surface area (Å²) in [5, 5.41) is 7.17. The second-order valence-corrected chi connectivity index (χ2v) is 7.19. The minimum Gasteiger partial charge on any atom is -0.345 e. The van der Waals surface area contributed by atoms with Crippen LogP contribution in [0.2, 0.25) is 0 Å². The van der Waals surface area contributed by atoms with E-state index < -0.39 is 0 Å². The van der Waals surface area contributed by atoms with Gasteiger partial charge in [0.25, 0.3) is 11.8 Å². The van der Waals surface area contributed by atoms with Crippen LogP contribution in [-0.4, -0.2) is 40.6 Å². The summed E-state index contributed by atoms with van der Waals surface area (Å²) in [5.74, 6) is -0.395. The molecule has 0 saturated heterocycles. The number of nitrogens with one attached hydrogen (secondary N) is 1. The fraction of sp³-hybridized carbons (Fsp3) is 0.150. The van der Waals surface area contributed by atoms with E-state index in [1.807, 2.05) is 31.2 Å². The van der Waals surface area contributed by atoms with E-state index in [0.29, 0.717) is 16.8 Å². The number of anilines is 1. The van der Waals surface area contributed by atoms with Crippen LogP contribution in [0.4, 0.5) is 5.69 Å². The van der Waals surface area contributed by atoms with Gasteiger partial charge in [-0.15, -0.1) is 0 Å². The highest BCUT2D eigenvalue weighted by Gasteiger charge is 2.16. The summed E-state index contributed by atoms with van der Waals surface area (Å²) in [6.45, 7) is 1.84. The Labute approximate surface area is 165 Å². The van der Waals surface area contributed by atoms with Crippen molar-refractivity contribution in [3.05, 3.63) is 76.0 Å². The molecule has 0 fully saturated rings. The van der Waals surface area contributed by atoms with Crippen LogP contribution in [0.15, 0.2) is 59.2 Å². The zero-order chi connectivity index (χ0) is 19.6. The second kappa shape index (κ2) is 7.75. The lowest BCUT2D eigenvalue weighted by molar-refractivity contribution is 0.0827. The van der Waals surface area contributed by atoms with Crippen molar-refractivity contribution in [1.82, 2.24) is 14.7 Å². The maximum atomic E-state index is 12.7. The maximum absolute atomic E-state index is 12.7. The number of benzene rings is 2. The minimum absolute atomic E-state index is 0.121. The van der Waals surface area contributed by atoms with Crippen LogP contribution in [0.3, 0.4) is 0 Å². The molecule has 1 N–H and O–H groups in total. The van der Waals surface area contributed by atoms with Gasteiger partial charge >= 0.3 is 0 Å². The van der Waals surface area contributed by atoms with Gasteiger partial charge in [0.15, 0.2) is 0 Å². The molecule has 2 amide bonds. The van der Waals surface area contributed by atoms with Crippen molar-refractivity contribution >= 4 is 33.4 Å². The van der Waals surface area contributed by atoms with E-state index in [1.165, 1.54) is 4.90 Å². The van der Waals surface area contributed by atoms with Gasteiger partial charge < -0.3 is 10.2 Å². The van der Waals surface area contributed by atoms with Crippen molar-refractivity contribution < 1.29 is 9.59 Å². The summed E-state index contributed by atoms with van der Waals surface area (Å²) < 4.78 is 2.65. The largest absolute Gasteiger partial charge is 0.345 e. The quantitative estimate of drug-likeness (QED) is 0.687. The van der Waals surface area contributed by atoms with Crippen LogP contribution in [0.5, 0.6) is 0 Å². The molecule has 0 spiro atoms. The summed E-state index contributed by atoms with van der Waals surface area (Å²) in [4.78, 5) is 26.3. The average Bonchev–Trinajstić information content (AvgIpc) is 3.02. The van der Waals surface area contributed by atoms with Crippen molar-refractivity contribution in [2.75, 3.05) is 19.4 Å². The molecule has 7 heteroatoms. The predicted octanol–water partition coefficient (Wildman–Crippen LogP) is 3.90. The molecule has 3 rings (SSSR count). The molecule has 0 radical (unpaired) electrons. The first kappa shape index (κ1) is 18.8. The number of halogens is 1. The Morgan fingerprint density at radius 1 is 1.11 bits per heavy atom. The third-order valence-electron chi connectivity index (χ3n) is 4.08. The summed E-state index contributed by atoms with van der Waals surface area (Å²) in [7, 11) is 3.38. The van der Waals surface area contributed by atoms with Crippen molar-refractivity contribution in [3.8, 4) is 5.69 Å². The number of carbonyl (C=O) groups excluding carboxylic acids is 2. The van der Waals surface area contributed by atoms with Gasteiger partial charge in [-0.1, -0.05) is 28.1 Å². The van der Waals surface area contributed by atoms with Gasteiger partial charge in [-0.3, -0.25) is 9.59 Å². The number of amides is 2. The molecule has 1 aromatic heterocycles. The van der Waals surface area contributed by atoms with Crippen molar-refractivity contribution in [2.45, 2.75) is 6.92 Å². The van der Waals surface area contributed by atoms with Gasteiger partial charge in [0, 0.05) is 29.8 Å². The third-order valence-corrected chi connectivity index (χ3v) is 4.57. The molecule has 3 aromatic rings. The second-order valence-electron chi connectivity index (χ2n) is 6.27. The zero-order valence-electron chi connectivity index (χ0n) is 15.2. The topological polar surface area (TPSA) is 67.2 Å². The molecule has 0 aliphatic rings. The minimum atomic E-state index is -0.275. The Hall–Kier alpha value is -2.93. The van der Waals surface area contributed by atoms with Crippen LogP contribution in [-0.2, 0) is 0 Å². The Morgan fingerprint density at radius 3 is 2.56 bits per heavy atom. The van der Waals surface area contributed by atoms with E-state index in [9.17, 15) is 9.59 Å². The van der Waals surface area contributed by atoms with Crippen LogP contribution < -0.4 is 5.32 Å². The molecule has 6 nitrogen and oxygen atoms in total. The van der Waals surface area contributed by atoms with Crippen molar-refractivity contribution in [3.63, 3.8) is 0 Å². The summed E-state index contributed by atoms with van der Waals surface area (Å²) >= 11 is 3.44. The van der Waals surface area contributed by atoms with Gasteiger partial charge in [0.1, 0.15) is 0 Å². The van der Waals surface area contributed by atoms with Crippen molar-refractivity contribution in [1.29, 1.82) is 0 Å². The van der Waals surface area contributed by atoms with Gasteiger partial charge in [-0.05, 0) is 43.3 Å².